The van der Waals surface area contributed by atoms with Crippen molar-refractivity contribution in [3.05, 3.63) is 100 Å². The number of aliphatic hydroxyl groups is 2. The minimum atomic E-state index is -1.06. The van der Waals surface area contributed by atoms with Gasteiger partial charge in [-0.05, 0) is 61.4 Å². The van der Waals surface area contributed by atoms with E-state index < -0.39 is 5.60 Å². The fourth-order valence-corrected chi connectivity index (χ4v) is 4.91. The van der Waals surface area contributed by atoms with E-state index in [2.05, 4.69) is 33.7 Å². The molecular formula is C29H32ClN3O3. The van der Waals surface area contributed by atoms with Crippen LogP contribution in [0.4, 0.5) is 11.4 Å². The summed E-state index contributed by atoms with van der Waals surface area (Å²) in [6, 6.07) is 23.3. The van der Waals surface area contributed by atoms with Crippen LogP contribution >= 0.6 is 11.6 Å². The number of aliphatic hydroxyl groups excluding tert-OH is 1. The molecule has 6 nitrogen and oxygen atoms in total. The van der Waals surface area contributed by atoms with E-state index >= 15 is 0 Å². The van der Waals surface area contributed by atoms with Gasteiger partial charge in [-0.1, -0.05) is 48.0 Å². The molecule has 0 aromatic heterocycles. The lowest BCUT2D eigenvalue weighted by Gasteiger charge is -2.48. The van der Waals surface area contributed by atoms with Crippen LogP contribution in [-0.2, 0) is 5.60 Å². The monoisotopic (exact) mass is 505 g/mol. The molecule has 0 unspecified atom stereocenters. The Balaban J connectivity index is 1.59. The molecule has 0 saturated carbocycles. The molecule has 1 fully saturated rings. The van der Waals surface area contributed by atoms with Crippen molar-refractivity contribution in [3.8, 4) is 5.75 Å². The number of anilines is 1. The lowest BCUT2D eigenvalue weighted by Crippen LogP contribution is -2.56. The van der Waals surface area contributed by atoms with Crippen LogP contribution in [0.15, 0.2) is 72.8 Å². The number of piperazine rings is 1. The number of hydrogen-bond donors (Lipinski definition) is 2. The second-order valence-electron chi connectivity index (χ2n) is 9.50. The zero-order valence-electron chi connectivity index (χ0n) is 20.6. The highest BCUT2D eigenvalue weighted by Gasteiger charge is 2.36. The molecule has 3 atom stereocenters. The maximum atomic E-state index is 11.4. The first-order valence-corrected chi connectivity index (χ1v) is 12.5. The number of benzene rings is 3. The van der Waals surface area contributed by atoms with Crippen molar-refractivity contribution in [2.75, 3.05) is 37.7 Å². The quantitative estimate of drug-likeness (QED) is 0.400. The summed E-state index contributed by atoms with van der Waals surface area (Å²) in [7, 11) is 0. The Kier molecular flexibility index (Phi) is 8.17. The predicted molar refractivity (Wildman–Crippen MR) is 144 cm³/mol. The molecule has 0 bridgehead atoms. The van der Waals surface area contributed by atoms with Crippen LogP contribution in [0.2, 0.25) is 5.02 Å². The van der Waals surface area contributed by atoms with Crippen LogP contribution in [-0.4, -0.2) is 54.0 Å². The molecule has 4 rings (SSSR count). The van der Waals surface area contributed by atoms with Gasteiger partial charge in [0.1, 0.15) is 12.4 Å². The molecule has 1 aliphatic heterocycles. The van der Waals surface area contributed by atoms with Gasteiger partial charge < -0.3 is 19.8 Å². The van der Waals surface area contributed by atoms with Crippen LogP contribution in [0.5, 0.6) is 5.75 Å². The summed E-state index contributed by atoms with van der Waals surface area (Å²) in [5, 5.41) is 21.1. The van der Waals surface area contributed by atoms with Gasteiger partial charge in [0.05, 0.1) is 24.8 Å². The Bertz CT molecular complexity index is 1170. The standard InChI is InChI=1S/C29H32ClN3O3/c1-21-18-33(26-12-14-27(15-13-26)36-17-16-34)28(22-4-8-24(30)9-5-22)19-32(21)20-29(2,35)23-6-10-25(31-3)11-7-23/h4-15,21,28,34-35H,16-20H2,1-2H3/t21-,28+,29-/m1/s1. The molecule has 1 heterocycles. The largest absolute Gasteiger partial charge is 0.491 e. The van der Waals surface area contributed by atoms with Gasteiger partial charge in [0.2, 0.25) is 0 Å². The topological polar surface area (TPSA) is 60.5 Å². The van der Waals surface area contributed by atoms with Crippen LogP contribution in [0, 0.1) is 6.57 Å². The van der Waals surface area contributed by atoms with Crippen molar-refractivity contribution >= 4 is 23.0 Å². The Hall–Kier alpha value is -3.08. The Morgan fingerprint density at radius 2 is 1.69 bits per heavy atom. The number of hydrogen-bond acceptors (Lipinski definition) is 5. The lowest BCUT2D eigenvalue weighted by molar-refractivity contribution is -0.00367. The SMILES string of the molecule is [C-]#[N+]c1ccc([C@](C)(O)CN2C[C@@H](c3ccc(Cl)cc3)N(c3ccc(OCCO)cc3)C[C@H]2C)cc1. The molecule has 0 radical (unpaired) electrons. The van der Waals surface area contributed by atoms with E-state index in [0.29, 0.717) is 17.3 Å². The zero-order chi connectivity index (χ0) is 25.7. The lowest BCUT2D eigenvalue weighted by atomic mass is 9.92. The molecule has 3 aromatic carbocycles. The summed E-state index contributed by atoms with van der Waals surface area (Å²) in [4.78, 5) is 8.17. The molecule has 0 amide bonds. The molecule has 1 saturated heterocycles. The molecule has 2 N–H and O–H groups in total. The van der Waals surface area contributed by atoms with Gasteiger partial charge in [-0.2, -0.15) is 0 Å². The molecule has 0 aliphatic carbocycles. The van der Waals surface area contributed by atoms with Gasteiger partial charge in [0.15, 0.2) is 5.69 Å². The van der Waals surface area contributed by atoms with Crippen LogP contribution in [0.25, 0.3) is 4.85 Å². The smallest absolute Gasteiger partial charge is 0.187 e. The van der Waals surface area contributed by atoms with Gasteiger partial charge in [0, 0.05) is 36.4 Å². The van der Waals surface area contributed by atoms with Crippen LogP contribution in [0.1, 0.15) is 31.0 Å². The third-order valence-electron chi connectivity index (χ3n) is 6.78. The van der Waals surface area contributed by atoms with Gasteiger partial charge in [-0.25, -0.2) is 4.85 Å². The van der Waals surface area contributed by atoms with Gasteiger partial charge >= 0.3 is 0 Å². The van der Waals surface area contributed by atoms with E-state index in [1.54, 1.807) is 12.1 Å². The fourth-order valence-electron chi connectivity index (χ4n) is 4.78. The van der Waals surface area contributed by atoms with E-state index in [9.17, 15) is 5.11 Å². The summed E-state index contributed by atoms with van der Waals surface area (Å²) in [5.74, 6) is 0.725. The second kappa shape index (κ2) is 11.3. The highest BCUT2D eigenvalue weighted by Crippen LogP contribution is 2.36. The normalized spacial score (nSPS) is 19.9. The predicted octanol–water partition coefficient (Wildman–Crippen LogP) is 5.42. The third kappa shape index (κ3) is 6.00. The summed E-state index contributed by atoms with van der Waals surface area (Å²) < 4.78 is 5.54. The van der Waals surface area contributed by atoms with Crippen molar-refractivity contribution in [3.63, 3.8) is 0 Å². The van der Waals surface area contributed by atoms with Crippen molar-refractivity contribution in [1.29, 1.82) is 0 Å². The maximum Gasteiger partial charge on any atom is 0.187 e. The summed E-state index contributed by atoms with van der Waals surface area (Å²) >= 11 is 6.18. The highest BCUT2D eigenvalue weighted by molar-refractivity contribution is 6.30. The van der Waals surface area contributed by atoms with Gasteiger partial charge in [-0.3, -0.25) is 4.90 Å². The first-order chi connectivity index (χ1) is 17.3. The third-order valence-corrected chi connectivity index (χ3v) is 7.03. The van der Waals surface area contributed by atoms with Gasteiger partial charge in [-0.15, -0.1) is 0 Å². The summed E-state index contributed by atoms with van der Waals surface area (Å²) in [5.41, 5.74) is 2.53. The van der Waals surface area contributed by atoms with E-state index in [0.717, 1.165) is 35.7 Å². The van der Waals surface area contributed by atoms with E-state index in [1.165, 1.54) is 0 Å². The Labute approximate surface area is 218 Å². The van der Waals surface area contributed by atoms with Crippen LogP contribution in [0.3, 0.4) is 0 Å². The number of β-amino-alcohol motifs (C(OH)–C–C–N with tert-alkyl or cyclic N) is 1. The summed E-state index contributed by atoms with van der Waals surface area (Å²) in [6.07, 6.45) is 0. The molecule has 3 aromatic rings. The molecule has 7 heteroatoms. The Morgan fingerprint density at radius 3 is 2.31 bits per heavy atom. The molecule has 36 heavy (non-hydrogen) atoms. The first kappa shape index (κ1) is 26.0. The van der Waals surface area contributed by atoms with Crippen molar-refractivity contribution in [2.45, 2.75) is 31.5 Å². The maximum absolute atomic E-state index is 11.4. The fraction of sp³-hybridized carbons (Fsp3) is 0.345. The first-order valence-electron chi connectivity index (χ1n) is 12.1. The van der Waals surface area contributed by atoms with Gasteiger partial charge in [0.25, 0.3) is 0 Å². The minimum absolute atomic E-state index is 0.0205. The van der Waals surface area contributed by atoms with Crippen molar-refractivity contribution < 1.29 is 14.9 Å². The zero-order valence-corrected chi connectivity index (χ0v) is 21.4. The number of halogens is 1. The molecule has 188 valence electrons. The number of nitrogens with zero attached hydrogens (tertiary/aromatic N) is 3. The second-order valence-corrected chi connectivity index (χ2v) is 9.93. The van der Waals surface area contributed by atoms with Crippen molar-refractivity contribution in [2.24, 2.45) is 0 Å². The molecular weight excluding hydrogens is 474 g/mol. The Morgan fingerprint density at radius 1 is 1.03 bits per heavy atom. The van der Waals surface area contributed by atoms with Crippen molar-refractivity contribution in [1.82, 2.24) is 4.90 Å². The van der Waals surface area contributed by atoms with E-state index in [1.807, 2.05) is 55.5 Å². The van der Waals surface area contributed by atoms with E-state index in [-0.39, 0.29) is 25.3 Å². The molecule has 1 aliphatic rings. The highest BCUT2D eigenvalue weighted by atomic mass is 35.5. The number of rotatable bonds is 8. The summed E-state index contributed by atoms with van der Waals surface area (Å²) in [6.45, 7) is 13.4. The minimum Gasteiger partial charge on any atom is -0.491 e. The van der Waals surface area contributed by atoms with E-state index in [4.69, 9.17) is 28.0 Å². The van der Waals surface area contributed by atoms with Crippen LogP contribution < -0.4 is 9.64 Å². The molecule has 0 spiro atoms. The average molecular weight is 506 g/mol. The number of ether oxygens (including phenoxy) is 1. The average Bonchev–Trinajstić information content (AvgIpc) is 2.89.